The summed E-state index contributed by atoms with van der Waals surface area (Å²) in [5, 5.41) is 12.2. The summed E-state index contributed by atoms with van der Waals surface area (Å²) >= 11 is 0. The lowest BCUT2D eigenvalue weighted by atomic mass is 9.98. The van der Waals surface area contributed by atoms with Crippen LogP contribution in [0.4, 0.5) is 5.69 Å². The van der Waals surface area contributed by atoms with Crippen LogP contribution in [0.3, 0.4) is 0 Å². The summed E-state index contributed by atoms with van der Waals surface area (Å²) in [6.07, 6.45) is 1.74. The van der Waals surface area contributed by atoms with Gasteiger partial charge in [-0.25, -0.2) is 0 Å². The number of rotatable bonds is 6. The van der Waals surface area contributed by atoms with Crippen LogP contribution in [0.2, 0.25) is 0 Å². The summed E-state index contributed by atoms with van der Waals surface area (Å²) in [5.74, 6) is -0.512. The van der Waals surface area contributed by atoms with E-state index in [2.05, 4.69) is 10.2 Å². The van der Waals surface area contributed by atoms with E-state index in [1.54, 1.807) is 0 Å². The van der Waals surface area contributed by atoms with Crippen LogP contribution in [0, 0.1) is 0 Å². The molecule has 0 unspecified atom stereocenters. The Kier molecular flexibility index (Phi) is 7.48. The molecular weight excluding hydrogens is 448 g/mol. The van der Waals surface area contributed by atoms with Crippen molar-refractivity contribution in [1.29, 1.82) is 0 Å². The molecule has 2 aromatic carbocycles. The van der Waals surface area contributed by atoms with Crippen LogP contribution in [0.1, 0.15) is 55.3 Å². The molecule has 1 spiro atoms. The van der Waals surface area contributed by atoms with Gasteiger partial charge in [-0.05, 0) is 23.3 Å². The third-order valence-electron chi connectivity index (χ3n) is 6.99. The second-order valence-corrected chi connectivity index (χ2v) is 9.57. The largest absolute Gasteiger partial charge is 0.392 e. The highest BCUT2D eigenvalue weighted by atomic mass is 16.7. The summed E-state index contributed by atoms with van der Waals surface area (Å²) in [6.45, 7) is 5.47. The van der Waals surface area contributed by atoms with Gasteiger partial charge in [-0.3, -0.25) is 4.79 Å². The molecule has 8 heteroatoms. The molecule has 2 N–H and O–H groups in total. The van der Waals surface area contributed by atoms with Crippen LogP contribution < -0.4 is 5.32 Å². The molecule has 3 heterocycles. The molecule has 8 nitrogen and oxygen atoms in total. The molecule has 0 aliphatic carbocycles. The number of benzene rings is 2. The highest BCUT2D eigenvalue weighted by Crippen LogP contribution is 2.39. The van der Waals surface area contributed by atoms with Gasteiger partial charge in [0.25, 0.3) is 0 Å². The predicted octanol–water partition coefficient (Wildman–Crippen LogP) is 3.52. The summed E-state index contributed by atoms with van der Waals surface area (Å²) < 4.78 is 24.7. The van der Waals surface area contributed by atoms with E-state index in [0.29, 0.717) is 18.9 Å². The van der Waals surface area contributed by atoms with Crippen molar-refractivity contribution in [2.45, 2.75) is 57.1 Å². The van der Waals surface area contributed by atoms with Crippen molar-refractivity contribution in [2.75, 3.05) is 38.2 Å². The molecule has 0 saturated carbocycles. The number of piperidine rings is 1. The lowest BCUT2D eigenvalue weighted by molar-refractivity contribution is -0.255. The molecule has 0 bridgehead atoms. The number of nitrogens with zero attached hydrogens (tertiary/aromatic N) is 1. The average Bonchev–Trinajstić information content (AvgIpc) is 3.33. The molecule has 35 heavy (non-hydrogen) atoms. The fraction of sp³-hybridized carbons (Fsp3) is 0.519. The normalized spacial score (nSPS) is 26.6. The quantitative estimate of drug-likeness (QED) is 0.651. The molecule has 3 aliphatic heterocycles. The Morgan fingerprint density at radius 1 is 1.06 bits per heavy atom. The third-order valence-corrected chi connectivity index (χ3v) is 6.99. The average molecular weight is 483 g/mol. The molecule has 3 aliphatic rings. The predicted molar refractivity (Wildman–Crippen MR) is 129 cm³/mol. The van der Waals surface area contributed by atoms with E-state index in [9.17, 15) is 9.90 Å². The number of likely N-dealkylation sites (tertiary alicyclic amines) is 1. The maximum absolute atomic E-state index is 11.5. The fourth-order valence-electron chi connectivity index (χ4n) is 5.15. The summed E-state index contributed by atoms with van der Waals surface area (Å²) in [6, 6.07) is 15.5. The second-order valence-electron chi connectivity index (χ2n) is 9.57. The van der Waals surface area contributed by atoms with Gasteiger partial charge in [0.2, 0.25) is 5.91 Å². The van der Waals surface area contributed by atoms with Gasteiger partial charge in [0.1, 0.15) is 0 Å². The number of carbonyl (C=O) groups excluding carboxylic acids is 1. The Balaban J connectivity index is 1.32. The number of hydrogen-bond donors (Lipinski definition) is 2. The zero-order valence-corrected chi connectivity index (χ0v) is 20.2. The summed E-state index contributed by atoms with van der Waals surface area (Å²) in [5.41, 5.74) is 3.51. The Bertz CT molecular complexity index is 997. The van der Waals surface area contributed by atoms with Gasteiger partial charge in [0, 0.05) is 57.1 Å². The van der Waals surface area contributed by atoms with Crippen LogP contribution in [-0.2, 0) is 30.3 Å². The maximum atomic E-state index is 11.5. The highest BCUT2D eigenvalue weighted by molar-refractivity contribution is 5.88. The van der Waals surface area contributed by atoms with Crippen molar-refractivity contribution in [1.82, 2.24) is 4.90 Å². The molecule has 3 atom stereocenters. The Labute approximate surface area is 206 Å². The van der Waals surface area contributed by atoms with Gasteiger partial charge >= 0.3 is 0 Å². The van der Waals surface area contributed by atoms with Gasteiger partial charge in [0.15, 0.2) is 12.1 Å². The number of nitrogens with one attached hydrogen (secondary N) is 1. The molecule has 2 aromatic rings. The number of hydrogen-bond acceptors (Lipinski definition) is 7. The van der Waals surface area contributed by atoms with Crippen LogP contribution in [-0.4, -0.2) is 60.7 Å². The zero-order valence-electron chi connectivity index (χ0n) is 20.2. The first-order valence-electron chi connectivity index (χ1n) is 12.4. The second kappa shape index (κ2) is 10.7. The highest BCUT2D eigenvalue weighted by Gasteiger charge is 2.41. The van der Waals surface area contributed by atoms with Crippen LogP contribution in [0.5, 0.6) is 0 Å². The standard InChI is InChI=1S/C27H34N2O6/c1-19(31)28-23-4-2-3-22(15-23)26-34-24(16-25(35-26)21-7-5-20(18-30)6-8-21)17-29-11-9-27(10-12-29)32-13-14-33-27/h2-8,15,24-26,30H,9-14,16-18H2,1H3,(H,28,31)/t24-,25+,26+/m1/s1. The third kappa shape index (κ3) is 5.91. The van der Waals surface area contributed by atoms with E-state index in [-0.39, 0.29) is 24.7 Å². The van der Waals surface area contributed by atoms with E-state index in [0.717, 1.165) is 55.6 Å². The SMILES string of the molecule is CC(=O)Nc1cccc([C@H]2O[C@@H](CN3CCC4(CC3)OCCO4)C[C@@H](c3ccc(CO)cc3)O2)c1. The molecule has 3 fully saturated rings. The lowest BCUT2D eigenvalue weighted by Gasteiger charge is -2.41. The first kappa shape index (κ1) is 24.4. The summed E-state index contributed by atoms with van der Waals surface area (Å²) in [4.78, 5) is 14.0. The molecule has 3 saturated heterocycles. The van der Waals surface area contributed by atoms with Crippen molar-refractivity contribution < 1.29 is 28.8 Å². The van der Waals surface area contributed by atoms with Gasteiger partial charge in [-0.2, -0.15) is 0 Å². The molecule has 0 aromatic heterocycles. The smallest absolute Gasteiger partial charge is 0.221 e. The molecular formula is C27H34N2O6. The Hall–Kier alpha value is -2.33. The van der Waals surface area contributed by atoms with E-state index in [1.165, 1.54) is 6.92 Å². The summed E-state index contributed by atoms with van der Waals surface area (Å²) in [7, 11) is 0. The molecule has 188 valence electrons. The van der Waals surface area contributed by atoms with Crippen molar-refractivity contribution in [2.24, 2.45) is 0 Å². The monoisotopic (exact) mass is 482 g/mol. The van der Waals surface area contributed by atoms with Crippen LogP contribution in [0.15, 0.2) is 48.5 Å². The van der Waals surface area contributed by atoms with Gasteiger partial charge < -0.3 is 34.3 Å². The first-order chi connectivity index (χ1) is 17.0. The zero-order chi connectivity index (χ0) is 24.3. The van der Waals surface area contributed by atoms with E-state index < -0.39 is 12.1 Å². The van der Waals surface area contributed by atoms with Gasteiger partial charge in [-0.15, -0.1) is 0 Å². The van der Waals surface area contributed by atoms with E-state index in [4.69, 9.17) is 18.9 Å². The number of carbonyl (C=O) groups is 1. The number of amides is 1. The minimum atomic E-state index is -0.553. The van der Waals surface area contributed by atoms with Crippen LogP contribution >= 0.6 is 0 Å². The van der Waals surface area contributed by atoms with Crippen LogP contribution in [0.25, 0.3) is 0 Å². The van der Waals surface area contributed by atoms with Gasteiger partial charge in [-0.1, -0.05) is 36.4 Å². The molecule has 0 radical (unpaired) electrons. The van der Waals surface area contributed by atoms with Gasteiger partial charge in [0.05, 0.1) is 32.0 Å². The van der Waals surface area contributed by atoms with Crippen molar-refractivity contribution in [3.05, 3.63) is 65.2 Å². The van der Waals surface area contributed by atoms with Crippen molar-refractivity contribution in [3.8, 4) is 0 Å². The topological polar surface area (TPSA) is 89.5 Å². The van der Waals surface area contributed by atoms with E-state index >= 15 is 0 Å². The molecule has 1 amide bonds. The number of anilines is 1. The Morgan fingerprint density at radius 2 is 1.80 bits per heavy atom. The maximum Gasteiger partial charge on any atom is 0.221 e. The number of aliphatic hydroxyl groups excluding tert-OH is 1. The minimum Gasteiger partial charge on any atom is -0.392 e. The first-order valence-corrected chi connectivity index (χ1v) is 12.4. The molecule has 5 rings (SSSR count). The Morgan fingerprint density at radius 3 is 2.49 bits per heavy atom. The van der Waals surface area contributed by atoms with E-state index in [1.807, 2.05) is 48.5 Å². The number of aliphatic hydroxyl groups is 1. The fourth-order valence-corrected chi connectivity index (χ4v) is 5.15. The van der Waals surface area contributed by atoms with Crippen molar-refractivity contribution in [3.63, 3.8) is 0 Å². The minimum absolute atomic E-state index is 0.0139. The number of ether oxygens (including phenoxy) is 4. The van der Waals surface area contributed by atoms with Crippen molar-refractivity contribution >= 4 is 11.6 Å². The lowest BCUT2D eigenvalue weighted by Crippen LogP contribution is -2.48.